The molecule has 0 saturated heterocycles. The molecule has 0 unspecified atom stereocenters. The van der Waals surface area contributed by atoms with Crippen LogP contribution in [0.2, 0.25) is 4.34 Å². The molecule has 2 amide bonds. The number of amides is 2. The number of nitrogens with zero attached hydrogens (tertiary/aromatic N) is 2. The second kappa shape index (κ2) is 11.0. The number of thiazole rings is 1. The number of carboxylic acids is 1. The van der Waals surface area contributed by atoms with Gasteiger partial charge in [0.1, 0.15) is 5.75 Å². The van der Waals surface area contributed by atoms with Gasteiger partial charge in [-0.3, -0.25) is 14.5 Å². The highest BCUT2D eigenvalue weighted by Gasteiger charge is 2.25. The third-order valence-corrected chi connectivity index (χ3v) is 8.14. The van der Waals surface area contributed by atoms with Gasteiger partial charge in [0.05, 0.1) is 33.3 Å². The monoisotopic (exact) mass is 548 g/mol. The number of rotatable bonds is 8. The number of carbonyl (C=O) groups excluding carboxylic acids is 2. The fourth-order valence-electron chi connectivity index (χ4n) is 3.87. The van der Waals surface area contributed by atoms with Crippen LogP contribution in [-0.2, 0) is 19.5 Å². The summed E-state index contributed by atoms with van der Waals surface area (Å²) in [4.78, 5) is 45.8. The molecule has 1 aromatic carbocycles. The number of nitrogens with one attached hydrogen (secondary N) is 2. The topological polar surface area (TPSA) is 121 Å². The molecule has 190 valence electrons. The number of thiophene rings is 1. The smallest absolute Gasteiger partial charge is 0.335 e. The lowest BCUT2D eigenvalue weighted by atomic mass is 10.1. The number of carbonyl (C=O) groups is 3. The third kappa shape index (κ3) is 5.70. The molecule has 3 heterocycles. The molecule has 2 aromatic heterocycles. The summed E-state index contributed by atoms with van der Waals surface area (Å²) >= 11 is 8.40. The van der Waals surface area contributed by atoms with Gasteiger partial charge in [-0.1, -0.05) is 11.6 Å². The lowest BCUT2D eigenvalue weighted by molar-refractivity contribution is 0.0695. The van der Waals surface area contributed by atoms with Gasteiger partial charge in [-0.25, -0.2) is 9.78 Å². The van der Waals surface area contributed by atoms with E-state index in [-0.39, 0.29) is 29.5 Å². The van der Waals surface area contributed by atoms with Crippen LogP contribution in [0.5, 0.6) is 5.75 Å². The van der Waals surface area contributed by atoms with Gasteiger partial charge in [-0.15, -0.1) is 22.7 Å². The molecular formula is C24H25ClN4O5S2. The molecular weight excluding hydrogens is 524 g/mol. The number of anilines is 1. The average molecular weight is 549 g/mol. The van der Waals surface area contributed by atoms with Crippen molar-refractivity contribution in [2.45, 2.75) is 39.4 Å². The van der Waals surface area contributed by atoms with E-state index in [0.29, 0.717) is 25.8 Å². The molecule has 0 radical (unpaired) electrons. The molecule has 36 heavy (non-hydrogen) atoms. The molecule has 1 aliphatic heterocycles. The number of halogens is 1. The van der Waals surface area contributed by atoms with Crippen molar-refractivity contribution in [2.75, 3.05) is 19.0 Å². The minimum absolute atomic E-state index is 0.00917. The first-order valence-corrected chi connectivity index (χ1v) is 13.2. The number of benzene rings is 1. The quantitative estimate of drug-likeness (QED) is 0.378. The van der Waals surface area contributed by atoms with Gasteiger partial charge in [0.2, 0.25) is 0 Å². The Morgan fingerprint density at radius 3 is 2.64 bits per heavy atom. The Hall–Kier alpha value is -2.99. The number of aromatic nitrogens is 1. The predicted octanol–water partition coefficient (Wildman–Crippen LogP) is 4.51. The summed E-state index contributed by atoms with van der Waals surface area (Å²) in [6, 6.07) is 6.33. The number of hydrogen-bond donors (Lipinski definition) is 3. The lowest BCUT2D eigenvalue weighted by Gasteiger charge is -2.29. The van der Waals surface area contributed by atoms with Crippen LogP contribution in [0, 0.1) is 0 Å². The van der Waals surface area contributed by atoms with Crippen molar-refractivity contribution in [2.24, 2.45) is 0 Å². The maximum absolute atomic E-state index is 13.2. The van der Waals surface area contributed by atoms with E-state index in [1.807, 2.05) is 0 Å². The fraction of sp³-hybridized carbons (Fsp3) is 0.333. The fourth-order valence-corrected chi connectivity index (χ4v) is 5.85. The largest absolute Gasteiger partial charge is 0.496 e. The molecule has 9 nitrogen and oxygen atoms in total. The first-order valence-electron chi connectivity index (χ1n) is 11.2. The van der Waals surface area contributed by atoms with E-state index in [1.165, 1.54) is 30.6 Å². The van der Waals surface area contributed by atoms with E-state index in [9.17, 15) is 19.5 Å². The molecule has 0 atom stereocenters. The van der Waals surface area contributed by atoms with E-state index in [1.54, 1.807) is 12.1 Å². The average Bonchev–Trinajstić information content (AvgIpc) is 3.48. The van der Waals surface area contributed by atoms with Crippen LogP contribution in [-0.4, -0.2) is 52.5 Å². The van der Waals surface area contributed by atoms with Crippen molar-refractivity contribution >= 4 is 57.7 Å². The molecule has 0 aliphatic carbocycles. The highest BCUT2D eigenvalue weighted by atomic mass is 35.5. The predicted molar refractivity (Wildman–Crippen MR) is 140 cm³/mol. The lowest BCUT2D eigenvalue weighted by Crippen LogP contribution is -2.35. The second-order valence-corrected chi connectivity index (χ2v) is 11.3. The number of ether oxygens (including phenoxy) is 1. The Balaban J connectivity index is 1.60. The normalized spacial score (nSPS) is 13.4. The first kappa shape index (κ1) is 26.1. The van der Waals surface area contributed by atoms with Crippen LogP contribution in [0.3, 0.4) is 0 Å². The van der Waals surface area contributed by atoms with Gasteiger partial charge in [-0.05, 0) is 38.1 Å². The van der Waals surface area contributed by atoms with Crippen molar-refractivity contribution in [1.29, 1.82) is 0 Å². The van der Waals surface area contributed by atoms with Crippen LogP contribution in [0.15, 0.2) is 24.3 Å². The Morgan fingerprint density at radius 1 is 1.22 bits per heavy atom. The molecule has 0 fully saturated rings. The van der Waals surface area contributed by atoms with E-state index in [4.69, 9.17) is 16.3 Å². The maximum atomic E-state index is 13.2. The minimum atomic E-state index is -1.17. The molecule has 0 bridgehead atoms. The zero-order chi connectivity index (χ0) is 26.0. The van der Waals surface area contributed by atoms with E-state index in [0.717, 1.165) is 41.4 Å². The Kier molecular flexibility index (Phi) is 7.94. The maximum Gasteiger partial charge on any atom is 0.335 e. The zero-order valence-electron chi connectivity index (χ0n) is 19.9. The summed E-state index contributed by atoms with van der Waals surface area (Å²) in [6.07, 6.45) is 0.767. The highest BCUT2D eigenvalue weighted by molar-refractivity contribution is 7.18. The number of carboxylic acid groups (broad SMARTS) is 1. The van der Waals surface area contributed by atoms with Gasteiger partial charge < -0.3 is 20.5 Å². The van der Waals surface area contributed by atoms with Crippen molar-refractivity contribution < 1.29 is 24.2 Å². The molecule has 0 saturated carbocycles. The van der Waals surface area contributed by atoms with Crippen LogP contribution < -0.4 is 15.4 Å². The van der Waals surface area contributed by atoms with Crippen molar-refractivity contribution in [3.05, 3.63) is 60.2 Å². The van der Waals surface area contributed by atoms with Crippen molar-refractivity contribution in [1.82, 2.24) is 15.2 Å². The standard InChI is InChI=1S/C24H25ClN4O5S2/c1-12(2)29-7-6-15-19(11-29)36-23(28-15)22(31)27-16-8-13(24(32)33)9-17(34-3)14(16)10-26-21(30)18-4-5-20(25)35-18/h4-5,8-9,12H,6-7,10-11H2,1-3H3,(H,26,30)(H,27,31)(H,32,33). The molecule has 0 spiro atoms. The SMILES string of the molecule is COc1cc(C(=O)O)cc(NC(=O)c2nc3c(s2)CN(C(C)C)CC3)c1CNC(=O)c1ccc(Cl)s1. The second-order valence-electron chi connectivity index (χ2n) is 8.45. The van der Waals surface area contributed by atoms with Crippen molar-refractivity contribution in [3.8, 4) is 5.75 Å². The summed E-state index contributed by atoms with van der Waals surface area (Å²) < 4.78 is 5.89. The van der Waals surface area contributed by atoms with Gasteiger partial charge in [0.15, 0.2) is 5.01 Å². The zero-order valence-corrected chi connectivity index (χ0v) is 22.3. The Morgan fingerprint density at radius 2 is 2.00 bits per heavy atom. The Labute approximate surface area is 221 Å². The van der Waals surface area contributed by atoms with Crippen LogP contribution >= 0.6 is 34.3 Å². The molecule has 3 N–H and O–H groups in total. The van der Waals surface area contributed by atoms with Gasteiger partial charge in [0.25, 0.3) is 11.8 Å². The van der Waals surface area contributed by atoms with E-state index in [2.05, 4.69) is 34.4 Å². The summed E-state index contributed by atoms with van der Waals surface area (Å²) in [7, 11) is 1.40. The third-order valence-electron chi connectivity index (χ3n) is 5.83. The molecule has 12 heteroatoms. The number of fused-ring (bicyclic) bond motifs is 1. The Bertz CT molecular complexity index is 1320. The molecule has 1 aliphatic rings. The number of hydrogen-bond acceptors (Lipinski definition) is 8. The first-order chi connectivity index (χ1) is 17.2. The summed E-state index contributed by atoms with van der Waals surface area (Å²) in [5, 5.41) is 15.4. The summed E-state index contributed by atoms with van der Waals surface area (Å²) in [5.74, 6) is -1.75. The van der Waals surface area contributed by atoms with Crippen LogP contribution in [0.4, 0.5) is 5.69 Å². The minimum Gasteiger partial charge on any atom is -0.496 e. The van der Waals surface area contributed by atoms with Gasteiger partial charge in [0, 0.05) is 42.5 Å². The molecule has 4 rings (SSSR count). The van der Waals surface area contributed by atoms with Gasteiger partial charge in [-0.2, -0.15) is 0 Å². The van der Waals surface area contributed by atoms with Crippen LogP contribution in [0.25, 0.3) is 0 Å². The molecule has 3 aromatic rings. The number of aromatic carboxylic acids is 1. The van der Waals surface area contributed by atoms with Crippen molar-refractivity contribution in [3.63, 3.8) is 0 Å². The van der Waals surface area contributed by atoms with Crippen LogP contribution in [0.1, 0.15) is 59.8 Å². The van der Waals surface area contributed by atoms with Gasteiger partial charge >= 0.3 is 5.97 Å². The van der Waals surface area contributed by atoms with E-state index >= 15 is 0 Å². The summed E-state index contributed by atoms with van der Waals surface area (Å²) in [6.45, 7) is 5.88. The number of methoxy groups -OCH3 is 1. The summed E-state index contributed by atoms with van der Waals surface area (Å²) in [5.41, 5.74) is 1.51. The van der Waals surface area contributed by atoms with E-state index < -0.39 is 11.9 Å². The highest BCUT2D eigenvalue weighted by Crippen LogP contribution is 2.31.